The van der Waals surface area contributed by atoms with Crippen LogP contribution in [-0.2, 0) is 4.74 Å². The molecule has 2 aromatic carbocycles. The van der Waals surface area contributed by atoms with Gasteiger partial charge in [0.2, 0.25) is 0 Å². The molecule has 0 spiro atoms. The number of carbonyl (C=O) groups excluding carboxylic acids is 2. The second-order valence-corrected chi connectivity index (χ2v) is 8.06. The minimum absolute atomic E-state index is 0.00247. The highest BCUT2D eigenvalue weighted by molar-refractivity contribution is 6.42. The van der Waals surface area contributed by atoms with Crippen molar-refractivity contribution in [2.45, 2.75) is 6.92 Å². The van der Waals surface area contributed by atoms with Crippen LogP contribution in [0.15, 0.2) is 30.3 Å². The van der Waals surface area contributed by atoms with Gasteiger partial charge in [0.05, 0.1) is 27.7 Å². The molecule has 1 aliphatic rings. The van der Waals surface area contributed by atoms with Gasteiger partial charge < -0.3 is 14.5 Å². The van der Waals surface area contributed by atoms with E-state index in [2.05, 4.69) is 9.97 Å². The molecule has 0 radical (unpaired) electrons. The average Bonchev–Trinajstić information content (AvgIpc) is 2.79. The topological polar surface area (TPSA) is 75.6 Å². The fourth-order valence-corrected chi connectivity index (χ4v) is 3.90. The Labute approximate surface area is 197 Å². The molecule has 0 unspecified atom stereocenters. The van der Waals surface area contributed by atoms with Crippen LogP contribution in [0.2, 0.25) is 10.0 Å². The summed E-state index contributed by atoms with van der Waals surface area (Å²) in [5, 5.41) is 0.559. The van der Waals surface area contributed by atoms with E-state index < -0.39 is 29.1 Å². The lowest BCUT2D eigenvalue weighted by molar-refractivity contribution is 0.0519. The molecular formula is C22H18Cl2F2N4O3. The monoisotopic (exact) mass is 494 g/mol. The van der Waals surface area contributed by atoms with Gasteiger partial charge >= 0.3 is 5.97 Å². The summed E-state index contributed by atoms with van der Waals surface area (Å²) in [4.78, 5) is 37.3. The number of aromatic nitrogens is 2. The fraction of sp³-hybridized carbons (Fsp3) is 0.273. The Balaban J connectivity index is 1.63. The van der Waals surface area contributed by atoms with Crippen LogP contribution in [0.3, 0.4) is 0 Å². The maximum atomic E-state index is 14.0. The van der Waals surface area contributed by atoms with Gasteiger partial charge in [-0.2, -0.15) is 0 Å². The molecule has 4 rings (SSSR count). The Hall–Kier alpha value is -3.04. The zero-order valence-corrected chi connectivity index (χ0v) is 19.0. The normalized spacial score (nSPS) is 14.0. The van der Waals surface area contributed by atoms with Crippen molar-refractivity contribution < 1.29 is 23.1 Å². The third-order valence-corrected chi connectivity index (χ3v) is 5.92. The molecule has 11 heteroatoms. The highest BCUT2D eigenvalue weighted by Crippen LogP contribution is 2.29. The molecule has 1 amide bonds. The van der Waals surface area contributed by atoms with E-state index in [0.717, 1.165) is 12.1 Å². The number of esters is 1. The second kappa shape index (κ2) is 9.44. The van der Waals surface area contributed by atoms with Gasteiger partial charge in [-0.1, -0.05) is 29.3 Å². The summed E-state index contributed by atoms with van der Waals surface area (Å²) in [5.41, 5.74) is 0.220. The van der Waals surface area contributed by atoms with Gasteiger partial charge in [0.15, 0.2) is 11.5 Å². The lowest BCUT2D eigenvalue weighted by Crippen LogP contribution is -2.49. The number of fused-ring (bicyclic) bond motifs is 1. The minimum atomic E-state index is -0.914. The van der Waals surface area contributed by atoms with E-state index in [4.69, 9.17) is 27.9 Å². The van der Waals surface area contributed by atoms with Crippen LogP contribution in [0, 0.1) is 11.6 Å². The number of hydrogen-bond acceptors (Lipinski definition) is 6. The molecule has 2 heterocycles. The van der Waals surface area contributed by atoms with Gasteiger partial charge in [-0.15, -0.1) is 0 Å². The van der Waals surface area contributed by atoms with E-state index in [0.29, 0.717) is 11.0 Å². The summed E-state index contributed by atoms with van der Waals surface area (Å²) in [7, 11) is 0. The summed E-state index contributed by atoms with van der Waals surface area (Å²) >= 11 is 12.2. The molecule has 1 saturated heterocycles. The van der Waals surface area contributed by atoms with Crippen molar-refractivity contribution in [2.24, 2.45) is 0 Å². The van der Waals surface area contributed by atoms with E-state index in [1.54, 1.807) is 17.9 Å². The van der Waals surface area contributed by atoms with Gasteiger partial charge in [-0.05, 0) is 31.2 Å². The molecule has 0 atom stereocenters. The Morgan fingerprint density at radius 3 is 2.15 bits per heavy atom. The molecule has 33 heavy (non-hydrogen) atoms. The summed E-state index contributed by atoms with van der Waals surface area (Å²) < 4.78 is 33.2. The summed E-state index contributed by atoms with van der Waals surface area (Å²) in [6.45, 7) is 2.67. The molecule has 1 aliphatic heterocycles. The number of hydrogen-bond donors (Lipinski definition) is 0. The molecule has 0 bridgehead atoms. The third kappa shape index (κ3) is 4.56. The number of halogens is 4. The van der Waals surface area contributed by atoms with Crippen LogP contribution in [0.1, 0.15) is 27.8 Å². The number of ether oxygens (including phenoxy) is 1. The zero-order valence-electron chi connectivity index (χ0n) is 17.4. The van der Waals surface area contributed by atoms with Crippen LogP contribution in [-0.4, -0.2) is 59.5 Å². The van der Waals surface area contributed by atoms with Crippen LogP contribution in [0.4, 0.5) is 14.6 Å². The Bertz CT molecular complexity index is 1230. The van der Waals surface area contributed by atoms with Crippen LogP contribution >= 0.6 is 23.2 Å². The number of piperazine rings is 1. The Kier molecular flexibility index (Phi) is 6.62. The molecule has 3 aromatic rings. The van der Waals surface area contributed by atoms with Crippen LogP contribution in [0.25, 0.3) is 11.0 Å². The van der Waals surface area contributed by atoms with Crippen molar-refractivity contribution in [2.75, 3.05) is 37.7 Å². The zero-order chi connectivity index (χ0) is 23.7. The maximum Gasteiger partial charge on any atom is 0.360 e. The first-order valence-electron chi connectivity index (χ1n) is 10.1. The van der Waals surface area contributed by atoms with Gasteiger partial charge in [0, 0.05) is 26.2 Å². The van der Waals surface area contributed by atoms with Gasteiger partial charge in [0.1, 0.15) is 17.2 Å². The van der Waals surface area contributed by atoms with Crippen molar-refractivity contribution in [3.8, 4) is 0 Å². The second-order valence-electron chi connectivity index (χ2n) is 7.25. The molecule has 0 N–H and O–H groups in total. The van der Waals surface area contributed by atoms with Crippen LogP contribution in [0.5, 0.6) is 0 Å². The number of carbonyl (C=O) groups is 2. The van der Waals surface area contributed by atoms with E-state index in [-0.39, 0.29) is 54.3 Å². The summed E-state index contributed by atoms with van der Waals surface area (Å²) in [6, 6.07) is 6.35. The van der Waals surface area contributed by atoms with E-state index in [9.17, 15) is 18.4 Å². The van der Waals surface area contributed by atoms with Gasteiger partial charge in [-0.3, -0.25) is 4.79 Å². The first-order valence-corrected chi connectivity index (χ1v) is 10.9. The highest BCUT2D eigenvalue weighted by atomic mass is 35.5. The first-order chi connectivity index (χ1) is 15.8. The van der Waals surface area contributed by atoms with Crippen molar-refractivity contribution in [3.05, 3.63) is 63.3 Å². The van der Waals surface area contributed by atoms with Crippen molar-refractivity contribution in [1.82, 2.24) is 14.9 Å². The number of amides is 1. The third-order valence-electron chi connectivity index (χ3n) is 5.20. The largest absolute Gasteiger partial charge is 0.461 e. The quantitative estimate of drug-likeness (QED) is 0.501. The molecule has 0 saturated carbocycles. The fourth-order valence-electron chi connectivity index (χ4n) is 3.58. The molecule has 0 aliphatic carbocycles. The number of rotatable bonds is 4. The average molecular weight is 495 g/mol. The van der Waals surface area contributed by atoms with Gasteiger partial charge in [0.25, 0.3) is 5.91 Å². The van der Waals surface area contributed by atoms with Crippen LogP contribution < -0.4 is 4.90 Å². The smallest absolute Gasteiger partial charge is 0.360 e. The Morgan fingerprint density at radius 2 is 1.58 bits per heavy atom. The Morgan fingerprint density at radius 1 is 1.00 bits per heavy atom. The van der Waals surface area contributed by atoms with E-state index in [1.807, 2.05) is 0 Å². The van der Waals surface area contributed by atoms with Crippen molar-refractivity contribution in [3.63, 3.8) is 0 Å². The minimum Gasteiger partial charge on any atom is -0.461 e. The van der Waals surface area contributed by atoms with Crippen molar-refractivity contribution >= 4 is 51.9 Å². The molecular weight excluding hydrogens is 477 g/mol. The molecule has 1 aromatic heterocycles. The predicted molar refractivity (Wildman–Crippen MR) is 120 cm³/mol. The maximum absolute atomic E-state index is 14.0. The van der Waals surface area contributed by atoms with E-state index >= 15 is 0 Å². The highest BCUT2D eigenvalue weighted by Gasteiger charge is 2.30. The number of anilines is 1. The van der Waals surface area contributed by atoms with Gasteiger partial charge in [-0.25, -0.2) is 23.5 Å². The number of benzene rings is 2. The predicted octanol–water partition coefficient (Wildman–Crippen LogP) is 4.35. The molecule has 1 fully saturated rings. The first kappa shape index (κ1) is 23.1. The lowest BCUT2D eigenvalue weighted by Gasteiger charge is -2.36. The lowest BCUT2D eigenvalue weighted by atomic mass is 10.1. The standard InChI is InChI=1S/C22H18Cl2F2N4O3/c1-2-33-22(32)19-20(28-17-11-13(24)12(23)10-16(17)27-19)29-6-8-30(9-7-29)21(31)18-14(25)4-3-5-15(18)26/h3-5,10-11H,2,6-9H2,1H3. The summed E-state index contributed by atoms with van der Waals surface area (Å²) in [6.07, 6.45) is 0. The van der Waals surface area contributed by atoms with E-state index in [1.165, 1.54) is 17.0 Å². The molecule has 172 valence electrons. The SMILES string of the molecule is CCOC(=O)c1nc2cc(Cl)c(Cl)cc2nc1N1CCN(C(=O)c2c(F)cccc2F)CC1. The number of nitrogens with zero attached hydrogens (tertiary/aromatic N) is 4. The van der Waals surface area contributed by atoms with Crippen molar-refractivity contribution in [1.29, 1.82) is 0 Å². The molecule has 7 nitrogen and oxygen atoms in total. The summed E-state index contributed by atoms with van der Waals surface area (Å²) in [5.74, 6) is -2.95.